The van der Waals surface area contributed by atoms with Crippen LogP contribution in [0.2, 0.25) is 0 Å². The van der Waals surface area contributed by atoms with E-state index in [2.05, 4.69) is 21.2 Å². The zero-order valence-corrected chi connectivity index (χ0v) is 12.1. The number of hydrogen-bond donors (Lipinski definition) is 1. The Morgan fingerprint density at radius 1 is 1.28 bits per heavy atom. The average molecular weight is 312 g/mol. The van der Waals surface area contributed by atoms with Crippen LogP contribution in [0.3, 0.4) is 0 Å². The van der Waals surface area contributed by atoms with Crippen LogP contribution in [0.5, 0.6) is 0 Å². The van der Waals surface area contributed by atoms with Gasteiger partial charge in [0.2, 0.25) is 0 Å². The van der Waals surface area contributed by atoms with Gasteiger partial charge in [0.25, 0.3) is 0 Å². The number of halogens is 2. The summed E-state index contributed by atoms with van der Waals surface area (Å²) in [4.78, 5) is 0. The van der Waals surface area contributed by atoms with Crippen LogP contribution in [0.15, 0.2) is 33.2 Å². The molecule has 0 aliphatic rings. The molecular weight excluding hydrogens is 297 g/mol. The predicted molar refractivity (Wildman–Crippen MR) is 73.2 cm³/mol. The van der Waals surface area contributed by atoms with Crippen molar-refractivity contribution in [3.63, 3.8) is 0 Å². The molecule has 1 N–H and O–H groups in total. The minimum atomic E-state index is -0.264. The Kier molecular flexibility index (Phi) is 3.88. The Balaban J connectivity index is 2.41. The van der Waals surface area contributed by atoms with Crippen LogP contribution in [-0.4, -0.2) is 7.05 Å². The predicted octanol–water partition coefficient (Wildman–Crippen LogP) is 4.11. The molecule has 0 aliphatic carbocycles. The van der Waals surface area contributed by atoms with Crippen LogP contribution < -0.4 is 5.32 Å². The molecule has 18 heavy (non-hydrogen) atoms. The molecule has 0 aliphatic heterocycles. The minimum Gasteiger partial charge on any atom is -0.464 e. The van der Waals surface area contributed by atoms with Gasteiger partial charge < -0.3 is 9.73 Å². The molecule has 1 aromatic heterocycles. The molecule has 96 valence electrons. The lowest BCUT2D eigenvalue weighted by atomic mass is 10.0. The third-order valence-corrected chi connectivity index (χ3v) is 3.64. The number of rotatable bonds is 3. The maximum atomic E-state index is 13.2. The van der Waals surface area contributed by atoms with Crippen LogP contribution >= 0.6 is 15.9 Å². The third-order valence-electron chi connectivity index (χ3n) is 3.04. The Morgan fingerprint density at radius 3 is 2.50 bits per heavy atom. The molecule has 2 rings (SSSR count). The number of nitrogens with one attached hydrogen (secondary N) is 1. The van der Waals surface area contributed by atoms with Crippen molar-refractivity contribution in [1.29, 1.82) is 0 Å². The Hall–Kier alpha value is -1.13. The lowest BCUT2D eigenvalue weighted by Crippen LogP contribution is -2.17. The van der Waals surface area contributed by atoms with Crippen LogP contribution in [-0.2, 0) is 0 Å². The van der Waals surface area contributed by atoms with Crippen molar-refractivity contribution in [3.05, 3.63) is 57.2 Å². The topological polar surface area (TPSA) is 25.2 Å². The largest absolute Gasteiger partial charge is 0.464 e. The zero-order chi connectivity index (χ0) is 13.3. The van der Waals surface area contributed by atoms with Gasteiger partial charge in [-0.05, 0) is 66.2 Å². The fourth-order valence-corrected chi connectivity index (χ4v) is 2.31. The van der Waals surface area contributed by atoms with Crippen LogP contribution in [0.1, 0.15) is 28.7 Å². The minimum absolute atomic E-state index is 0.0747. The van der Waals surface area contributed by atoms with Crippen molar-refractivity contribution < 1.29 is 8.81 Å². The fraction of sp³-hybridized carbons (Fsp3) is 0.286. The first kappa shape index (κ1) is 13.3. The van der Waals surface area contributed by atoms with Crippen molar-refractivity contribution in [2.45, 2.75) is 19.9 Å². The van der Waals surface area contributed by atoms with E-state index in [1.54, 1.807) is 12.1 Å². The third kappa shape index (κ3) is 2.49. The molecule has 4 heteroatoms. The standard InChI is InChI=1S/C14H15BrFNO/c1-8-6-13(18-9(8)2)14(17-3)10-4-5-12(16)11(15)7-10/h4-7,14,17H,1-3H3. The lowest BCUT2D eigenvalue weighted by molar-refractivity contribution is 0.442. The van der Waals surface area contributed by atoms with Gasteiger partial charge in [0.1, 0.15) is 17.3 Å². The van der Waals surface area contributed by atoms with Crippen molar-refractivity contribution in [3.8, 4) is 0 Å². The van der Waals surface area contributed by atoms with E-state index in [0.717, 1.165) is 22.6 Å². The molecule has 1 heterocycles. The van der Waals surface area contributed by atoms with Crippen LogP contribution in [0.4, 0.5) is 4.39 Å². The molecule has 1 aromatic carbocycles. The monoisotopic (exact) mass is 311 g/mol. The normalized spacial score (nSPS) is 12.7. The summed E-state index contributed by atoms with van der Waals surface area (Å²) in [7, 11) is 1.86. The summed E-state index contributed by atoms with van der Waals surface area (Å²) in [5.74, 6) is 1.48. The summed E-state index contributed by atoms with van der Waals surface area (Å²) in [5.41, 5.74) is 2.07. The lowest BCUT2D eigenvalue weighted by Gasteiger charge is -2.14. The first-order chi connectivity index (χ1) is 8.52. The maximum absolute atomic E-state index is 13.2. The number of benzene rings is 1. The van der Waals surface area contributed by atoms with Gasteiger partial charge in [0.05, 0.1) is 10.5 Å². The van der Waals surface area contributed by atoms with Crippen LogP contribution in [0, 0.1) is 19.7 Å². The molecule has 0 radical (unpaired) electrons. The van der Waals surface area contributed by atoms with Crippen molar-refractivity contribution in [1.82, 2.24) is 5.32 Å². The summed E-state index contributed by atoms with van der Waals surface area (Å²) < 4.78 is 19.4. The molecule has 1 atom stereocenters. The number of aryl methyl sites for hydroxylation is 2. The zero-order valence-electron chi connectivity index (χ0n) is 10.6. The van der Waals surface area contributed by atoms with E-state index >= 15 is 0 Å². The van der Waals surface area contributed by atoms with Gasteiger partial charge in [-0.25, -0.2) is 4.39 Å². The Labute approximate surface area is 114 Å². The van der Waals surface area contributed by atoms with Gasteiger partial charge in [-0.1, -0.05) is 6.07 Å². The molecule has 1 unspecified atom stereocenters. The fourth-order valence-electron chi connectivity index (χ4n) is 1.91. The molecular formula is C14H15BrFNO. The summed E-state index contributed by atoms with van der Waals surface area (Å²) >= 11 is 3.20. The molecule has 0 saturated carbocycles. The van der Waals surface area contributed by atoms with Gasteiger partial charge in [-0.15, -0.1) is 0 Å². The second-order valence-corrected chi connectivity index (χ2v) is 5.14. The molecule has 0 bridgehead atoms. The molecule has 2 nitrogen and oxygen atoms in total. The van der Waals surface area contributed by atoms with Gasteiger partial charge in [-0.3, -0.25) is 0 Å². The first-order valence-corrected chi connectivity index (χ1v) is 6.51. The number of hydrogen-bond acceptors (Lipinski definition) is 2. The molecule has 0 fully saturated rings. The smallest absolute Gasteiger partial charge is 0.137 e. The summed E-state index contributed by atoms with van der Waals surface area (Å²) in [6.45, 7) is 3.95. The second kappa shape index (κ2) is 5.24. The summed E-state index contributed by atoms with van der Waals surface area (Å²) in [6, 6.07) is 6.91. The van der Waals surface area contributed by atoms with Gasteiger partial charge in [-0.2, -0.15) is 0 Å². The van der Waals surface area contributed by atoms with E-state index < -0.39 is 0 Å². The summed E-state index contributed by atoms with van der Waals surface area (Å²) in [6.07, 6.45) is 0. The maximum Gasteiger partial charge on any atom is 0.137 e. The molecule has 0 spiro atoms. The molecule has 0 amide bonds. The highest BCUT2D eigenvalue weighted by atomic mass is 79.9. The average Bonchev–Trinajstić information content (AvgIpc) is 2.65. The van der Waals surface area contributed by atoms with Gasteiger partial charge in [0, 0.05) is 0 Å². The Morgan fingerprint density at radius 2 is 2.00 bits per heavy atom. The van der Waals surface area contributed by atoms with E-state index in [4.69, 9.17) is 4.42 Å². The molecule has 0 saturated heterocycles. The van der Waals surface area contributed by atoms with E-state index in [9.17, 15) is 4.39 Å². The SMILES string of the molecule is CNC(c1ccc(F)c(Br)c1)c1cc(C)c(C)o1. The van der Waals surface area contributed by atoms with Crippen molar-refractivity contribution >= 4 is 15.9 Å². The number of furan rings is 1. The second-order valence-electron chi connectivity index (χ2n) is 4.28. The molecule has 2 aromatic rings. The van der Waals surface area contributed by atoms with Crippen molar-refractivity contribution in [2.24, 2.45) is 0 Å². The van der Waals surface area contributed by atoms with Crippen molar-refractivity contribution in [2.75, 3.05) is 7.05 Å². The van der Waals surface area contributed by atoms with Gasteiger partial charge in [0.15, 0.2) is 0 Å². The summed E-state index contributed by atoms with van der Waals surface area (Å²) in [5, 5.41) is 3.18. The van der Waals surface area contributed by atoms with Gasteiger partial charge >= 0.3 is 0 Å². The van der Waals surface area contributed by atoms with E-state index in [1.807, 2.05) is 27.0 Å². The highest BCUT2D eigenvalue weighted by Crippen LogP contribution is 2.28. The highest BCUT2D eigenvalue weighted by Gasteiger charge is 2.18. The Bertz CT molecular complexity index is 545. The first-order valence-electron chi connectivity index (χ1n) is 5.72. The van der Waals surface area contributed by atoms with E-state index in [-0.39, 0.29) is 11.9 Å². The van der Waals surface area contributed by atoms with E-state index in [1.165, 1.54) is 6.07 Å². The highest BCUT2D eigenvalue weighted by molar-refractivity contribution is 9.10. The van der Waals surface area contributed by atoms with E-state index in [0.29, 0.717) is 4.47 Å². The van der Waals surface area contributed by atoms with Crippen LogP contribution in [0.25, 0.3) is 0 Å². The quantitative estimate of drug-likeness (QED) is 0.923.